The number of anilines is 1. The van der Waals surface area contributed by atoms with Gasteiger partial charge in [0.2, 0.25) is 0 Å². The predicted octanol–water partition coefficient (Wildman–Crippen LogP) is 6.83. The summed E-state index contributed by atoms with van der Waals surface area (Å²) in [5, 5.41) is 2.25. The monoisotopic (exact) mass is 441 g/mol. The molecule has 0 aliphatic carbocycles. The molecule has 0 aromatic heterocycles. The summed E-state index contributed by atoms with van der Waals surface area (Å²) in [7, 11) is 0. The second-order valence-electron chi connectivity index (χ2n) is 6.78. The van der Waals surface area contributed by atoms with Crippen molar-refractivity contribution in [2.75, 3.05) is 5.01 Å². The van der Waals surface area contributed by atoms with Gasteiger partial charge in [-0.25, -0.2) is 4.99 Å². The van der Waals surface area contributed by atoms with Crippen molar-refractivity contribution in [3.8, 4) is 0 Å². The molecular weight excluding hydrogens is 422 g/mol. The van der Waals surface area contributed by atoms with Gasteiger partial charge in [-0.15, -0.1) is 0 Å². The van der Waals surface area contributed by atoms with Gasteiger partial charge < -0.3 is 0 Å². The van der Waals surface area contributed by atoms with E-state index in [1.165, 1.54) is 24.3 Å². The van der Waals surface area contributed by atoms with Crippen LogP contribution < -0.4 is 10.4 Å². The van der Waals surface area contributed by atoms with E-state index in [1.807, 2.05) is 24.1 Å². The Morgan fingerprint density at radius 1 is 1.17 bits per heavy atom. The van der Waals surface area contributed by atoms with Crippen molar-refractivity contribution in [2.24, 2.45) is 4.99 Å². The highest BCUT2D eigenvalue weighted by atomic mass is 35.5. The Labute approximate surface area is 177 Å². The van der Waals surface area contributed by atoms with Gasteiger partial charge in [0, 0.05) is 10.0 Å². The Morgan fingerprint density at radius 2 is 1.79 bits per heavy atom. The summed E-state index contributed by atoms with van der Waals surface area (Å²) in [4.78, 5) is 4.32. The number of benzene rings is 2. The second kappa shape index (κ2) is 8.67. The van der Waals surface area contributed by atoms with E-state index in [2.05, 4.69) is 10.4 Å². The molecule has 0 spiro atoms. The van der Waals surface area contributed by atoms with E-state index in [1.54, 1.807) is 25.4 Å². The van der Waals surface area contributed by atoms with E-state index in [4.69, 9.17) is 23.2 Å². The molecule has 2 aromatic rings. The SMILES string of the molecule is CCC1N=CNN1c1ccc(/C(C)=C/C(c2cc(Cl)cc(Cl)c2)C(F)(F)F)cc1. The van der Waals surface area contributed by atoms with E-state index in [0.29, 0.717) is 11.1 Å². The number of hydrogen-bond acceptors (Lipinski definition) is 3. The first-order valence-corrected chi connectivity index (χ1v) is 9.83. The highest BCUT2D eigenvalue weighted by molar-refractivity contribution is 6.34. The Kier molecular flexibility index (Phi) is 6.44. The van der Waals surface area contributed by atoms with Gasteiger partial charge in [0.05, 0.1) is 11.6 Å². The summed E-state index contributed by atoms with van der Waals surface area (Å²) in [5.41, 5.74) is 5.16. The van der Waals surface area contributed by atoms with E-state index in [9.17, 15) is 13.2 Å². The van der Waals surface area contributed by atoms with Gasteiger partial charge in [-0.05, 0) is 60.4 Å². The maximum atomic E-state index is 13.7. The van der Waals surface area contributed by atoms with Crippen molar-refractivity contribution in [1.29, 1.82) is 0 Å². The molecule has 0 saturated heterocycles. The Bertz CT molecular complexity index is 904. The third-order valence-electron chi connectivity index (χ3n) is 4.72. The first kappa shape index (κ1) is 21.5. The molecule has 1 heterocycles. The van der Waals surface area contributed by atoms with Crippen molar-refractivity contribution in [3.63, 3.8) is 0 Å². The fraction of sp³-hybridized carbons (Fsp3) is 0.286. The van der Waals surface area contributed by atoms with E-state index in [-0.39, 0.29) is 21.8 Å². The van der Waals surface area contributed by atoms with Crippen LogP contribution in [0.25, 0.3) is 5.57 Å². The molecule has 3 rings (SSSR count). The molecule has 154 valence electrons. The number of aliphatic imine (C=N–C) groups is 1. The van der Waals surface area contributed by atoms with Gasteiger partial charge in [0.1, 0.15) is 12.5 Å². The number of alkyl halides is 3. The highest BCUT2D eigenvalue weighted by Crippen LogP contribution is 2.39. The average Bonchev–Trinajstić information content (AvgIpc) is 3.13. The zero-order valence-electron chi connectivity index (χ0n) is 15.8. The van der Waals surface area contributed by atoms with E-state index < -0.39 is 12.1 Å². The summed E-state index contributed by atoms with van der Waals surface area (Å²) in [5.74, 6) is -1.81. The molecule has 1 N–H and O–H groups in total. The molecule has 0 fully saturated rings. The van der Waals surface area contributed by atoms with Crippen LogP contribution in [0.4, 0.5) is 18.9 Å². The topological polar surface area (TPSA) is 27.6 Å². The van der Waals surface area contributed by atoms with Gasteiger partial charge >= 0.3 is 6.18 Å². The predicted molar refractivity (Wildman–Crippen MR) is 114 cm³/mol. The maximum absolute atomic E-state index is 13.7. The molecule has 29 heavy (non-hydrogen) atoms. The van der Waals surface area contributed by atoms with Crippen LogP contribution in [-0.4, -0.2) is 18.7 Å². The Hall–Kier alpha value is -2.18. The molecule has 2 aromatic carbocycles. The summed E-state index contributed by atoms with van der Waals surface area (Å²) < 4.78 is 41.2. The van der Waals surface area contributed by atoms with Gasteiger partial charge in [-0.3, -0.25) is 10.4 Å². The van der Waals surface area contributed by atoms with E-state index >= 15 is 0 Å². The van der Waals surface area contributed by atoms with Gasteiger partial charge in [0.25, 0.3) is 0 Å². The smallest absolute Gasteiger partial charge is 0.286 e. The van der Waals surface area contributed by atoms with Crippen LogP contribution in [0.1, 0.15) is 37.3 Å². The first-order valence-electron chi connectivity index (χ1n) is 9.07. The summed E-state index contributed by atoms with van der Waals surface area (Å²) >= 11 is 11.8. The number of allylic oxidation sites excluding steroid dienone is 2. The average molecular weight is 442 g/mol. The molecule has 0 radical (unpaired) electrons. The quantitative estimate of drug-likeness (QED) is 0.550. The minimum atomic E-state index is -4.47. The number of halogens is 5. The Balaban J connectivity index is 1.89. The molecule has 0 bridgehead atoms. The molecule has 0 amide bonds. The van der Waals surface area contributed by atoms with Crippen LogP contribution in [0, 0.1) is 0 Å². The number of hydrazine groups is 1. The van der Waals surface area contributed by atoms with Crippen LogP contribution in [0.5, 0.6) is 0 Å². The van der Waals surface area contributed by atoms with Gasteiger partial charge in [-0.2, -0.15) is 13.2 Å². The summed E-state index contributed by atoms with van der Waals surface area (Å²) in [6.07, 6.45) is -0.806. The number of nitrogens with zero attached hydrogens (tertiary/aromatic N) is 2. The van der Waals surface area contributed by atoms with Gasteiger partial charge in [0.15, 0.2) is 0 Å². The minimum absolute atomic E-state index is 0.000300. The molecule has 2 unspecified atom stereocenters. The lowest BCUT2D eigenvalue weighted by molar-refractivity contribution is -0.139. The molecule has 0 saturated carbocycles. The van der Waals surface area contributed by atoms with Crippen LogP contribution in [-0.2, 0) is 0 Å². The van der Waals surface area contributed by atoms with Crippen LogP contribution in [0.2, 0.25) is 10.0 Å². The molecule has 2 atom stereocenters. The lowest BCUT2D eigenvalue weighted by Crippen LogP contribution is -2.38. The number of rotatable bonds is 5. The lowest BCUT2D eigenvalue weighted by Gasteiger charge is -2.24. The minimum Gasteiger partial charge on any atom is -0.286 e. The summed E-state index contributed by atoms with van der Waals surface area (Å²) in [6.45, 7) is 3.69. The van der Waals surface area contributed by atoms with Crippen molar-refractivity contribution < 1.29 is 13.2 Å². The highest BCUT2D eigenvalue weighted by Gasteiger charge is 2.39. The summed E-state index contributed by atoms with van der Waals surface area (Å²) in [6, 6.07) is 11.3. The van der Waals surface area contributed by atoms with Crippen LogP contribution in [0.3, 0.4) is 0 Å². The van der Waals surface area contributed by atoms with Crippen LogP contribution >= 0.6 is 23.2 Å². The van der Waals surface area contributed by atoms with E-state index in [0.717, 1.165) is 12.1 Å². The zero-order chi connectivity index (χ0) is 21.2. The number of hydrogen-bond donors (Lipinski definition) is 1. The lowest BCUT2D eigenvalue weighted by atomic mass is 9.94. The zero-order valence-corrected chi connectivity index (χ0v) is 17.4. The van der Waals surface area contributed by atoms with Crippen molar-refractivity contribution in [3.05, 3.63) is 69.7 Å². The largest absolute Gasteiger partial charge is 0.399 e. The standard InChI is InChI=1S/C21H20Cl2F3N3/c1-3-20-27-12-28-29(20)18-6-4-14(5-7-18)13(2)8-19(21(24,25)26)15-9-16(22)11-17(23)10-15/h4-12,19-20H,3H2,1-2H3,(H,27,28)/b13-8+. The second-order valence-corrected chi connectivity index (χ2v) is 7.66. The van der Waals surface area contributed by atoms with Crippen LogP contribution in [0.15, 0.2) is 53.5 Å². The number of nitrogens with one attached hydrogen (secondary N) is 1. The third-order valence-corrected chi connectivity index (χ3v) is 5.16. The maximum Gasteiger partial charge on any atom is 0.399 e. The molecule has 8 heteroatoms. The normalized spacial score (nSPS) is 18.1. The molecular formula is C21H20Cl2F3N3. The molecule has 3 nitrogen and oxygen atoms in total. The van der Waals surface area contributed by atoms with Crippen molar-refractivity contribution in [2.45, 2.75) is 38.5 Å². The molecule has 1 aliphatic heterocycles. The van der Waals surface area contributed by atoms with Crippen molar-refractivity contribution in [1.82, 2.24) is 5.43 Å². The fourth-order valence-electron chi connectivity index (χ4n) is 3.23. The molecule has 1 aliphatic rings. The fourth-order valence-corrected chi connectivity index (χ4v) is 3.78. The Morgan fingerprint density at radius 3 is 2.34 bits per heavy atom. The first-order chi connectivity index (χ1) is 13.7. The van der Waals surface area contributed by atoms with Crippen molar-refractivity contribution >= 4 is 40.8 Å². The van der Waals surface area contributed by atoms with Gasteiger partial charge in [-0.1, -0.05) is 48.3 Å². The third kappa shape index (κ3) is 5.06.